The fraction of sp³-hybridized carbons (Fsp3) is 0.250. The van der Waals surface area contributed by atoms with Gasteiger partial charge in [-0.3, -0.25) is 9.56 Å². The Morgan fingerprint density at radius 3 is 2.87 bits per heavy atom. The topological polar surface area (TPSA) is 137 Å². The van der Waals surface area contributed by atoms with Crippen molar-refractivity contribution in [3.63, 3.8) is 0 Å². The Bertz CT molecular complexity index is 834. The molecule has 5 N–H and O–H groups in total. The number of nitrogens with one attached hydrogen (secondary N) is 3. The lowest BCUT2D eigenvalue weighted by Crippen LogP contribution is -2.18. The van der Waals surface area contributed by atoms with Crippen LogP contribution in [0, 0.1) is 15.4 Å². The first-order valence-corrected chi connectivity index (χ1v) is 8.68. The molecule has 0 saturated heterocycles. The van der Waals surface area contributed by atoms with Gasteiger partial charge in [0.25, 0.3) is 0 Å². The summed E-state index contributed by atoms with van der Waals surface area (Å²) in [5, 5.41) is 10.2. The van der Waals surface area contributed by atoms with E-state index in [1.807, 2.05) is 0 Å². The van der Waals surface area contributed by atoms with Crippen molar-refractivity contribution < 1.29 is 9.02 Å². The minimum Gasteiger partial charge on any atom is -0.382 e. The van der Waals surface area contributed by atoms with Crippen molar-refractivity contribution >= 4 is 40.3 Å². The number of hydrogen-bond donors (Lipinski definition) is 4. The van der Waals surface area contributed by atoms with Gasteiger partial charge in [0.15, 0.2) is 11.5 Å². The molecule has 2 rings (SSSR count). The van der Waals surface area contributed by atoms with E-state index in [4.69, 9.17) is 23.1 Å². The number of halogens is 1. The van der Waals surface area contributed by atoms with Crippen LogP contribution < -0.4 is 16.5 Å². The zero-order chi connectivity index (χ0) is 17.0. The Kier molecular flexibility index (Phi) is 4.99. The average molecular weight is 335 g/mol. The summed E-state index contributed by atoms with van der Waals surface area (Å²) < 4.78 is 32.9. The second-order valence-corrected chi connectivity index (χ2v) is 7.47. The summed E-state index contributed by atoms with van der Waals surface area (Å²) in [5.41, 5.74) is 6.38. The summed E-state index contributed by atoms with van der Waals surface area (Å²) in [6.45, 7) is 0.358. The van der Waals surface area contributed by atoms with E-state index in [2.05, 4.69) is 25.3 Å². The predicted octanol–water partition coefficient (Wildman–Crippen LogP) is 0.760. The van der Waals surface area contributed by atoms with E-state index in [-0.39, 0.29) is 22.8 Å². The Hall–Kier alpha value is -2.43. The van der Waals surface area contributed by atoms with Crippen LogP contribution in [0.15, 0.2) is 27.8 Å². The third-order valence-corrected chi connectivity index (χ3v) is 3.78. The van der Waals surface area contributed by atoms with Gasteiger partial charge >= 0.3 is 0 Å². The first-order valence-electron chi connectivity index (χ1n) is 6.47. The number of aliphatic imine (C=N–C) groups is 1. The number of nitrogens with two attached hydrogens (primary N) is 1. The highest BCUT2D eigenvalue weighted by Crippen LogP contribution is 2.14. The molecule has 2 aromatic rings. The molecular formula is C12H15BFN7OS. The van der Waals surface area contributed by atoms with Crippen LogP contribution in [0.3, 0.4) is 0 Å². The van der Waals surface area contributed by atoms with Gasteiger partial charge in [0.1, 0.15) is 13.7 Å². The SMILES string of the molecule is [B]c1cc(N=C(N)c2nonc2NCCS(C)(=N)=N)ccc1F. The average Bonchev–Trinajstić information content (AvgIpc) is 2.90. The van der Waals surface area contributed by atoms with Crippen LogP contribution in [0.5, 0.6) is 0 Å². The molecule has 1 aromatic heterocycles. The van der Waals surface area contributed by atoms with Crippen LogP contribution in [-0.4, -0.2) is 42.5 Å². The number of benzene rings is 1. The minimum absolute atomic E-state index is 0.0200. The standard InChI is InChI=1S/C12H15BFN7OS/c1-23(16,17)5-4-18-12-10(20-22-21-12)11(15)19-7-2-3-9(14)8(13)6-7/h2-3,6,16-17H,4-5H2,1H3,(H2,15,19)(H,18,21). The van der Waals surface area contributed by atoms with E-state index in [1.54, 1.807) is 6.26 Å². The van der Waals surface area contributed by atoms with E-state index >= 15 is 0 Å². The fourth-order valence-electron chi connectivity index (χ4n) is 1.64. The highest BCUT2D eigenvalue weighted by atomic mass is 32.2. The molecule has 23 heavy (non-hydrogen) atoms. The van der Waals surface area contributed by atoms with Gasteiger partial charge < -0.3 is 11.1 Å². The number of hydrogen-bond acceptors (Lipinski definition) is 7. The summed E-state index contributed by atoms with van der Waals surface area (Å²) >= 11 is 0. The van der Waals surface area contributed by atoms with Crippen molar-refractivity contribution in [3.8, 4) is 0 Å². The highest BCUT2D eigenvalue weighted by molar-refractivity contribution is 7.92. The molecular weight excluding hydrogens is 320 g/mol. The Balaban J connectivity index is 2.16. The molecule has 120 valence electrons. The molecule has 0 fully saturated rings. The van der Waals surface area contributed by atoms with Gasteiger partial charge in [-0.05, 0) is 28.5 Å². The van der Waals surface area contributed by atoms with Gasteiger partial charge in [-0.1, -0.05) is 15.1 Å². The second-order valence-electron chi connectivity index (χ2n) is 4.88. The molecule has 2 radical (unpaired) electrons. The van der Waals surface area contributed by atoms with Gasteiger partial charge in [-0.2, -0.15) is 0 Å². The van der Waals surface area contributed by atoms with Crippen LogP contribution in [0.4, 0.5) is 15.9 Å². The van der Waals surface area contributed by atoms with E-state index in [0.29, 0.717) is 18.0 Å². The molecule has 0 aliphatic rings. The Morgan fingerprint density at radius 2 is 2.22 bits per heavy atom. The van der Waals surface area contributed by atoms with Crippen molar-refractivity contribution in [2.45, 2.75) is 0 Å². The largest absolute Gasteiger partial charge is 0.382 e. The molecule has 0 aliphatic heterocycles. The molecule has 0 aliphatic carbocycles. The molecule has 0 saturated carbocycles. The van der Waals surface area contributed by atoms with Crippen molar-refractivity contribution in [2.75, 3.05) is 23.9 Å². The first-order chi connectivity index (χ1) is 10.8. The van der Waals surface area contributed by atoms with Gasteiger partial charge in [-0.25, -0.2) is 14.0 Å². The minimum atomic E-state index is -2.12. The number of anilines is 1. The molecule has 1 heterocycles. The molecule has 0 unspecified atom stereocenters. The maximum absolute atomic E-state index is 13.1. The maximum Gasteiger partial charge on any atom is 0.202 e. The van der Waals surface area contributed by atoms with Crippen LogP contribution in [-0.2, 0) is 9.62 Å². The monoisotopic (exact) mass is 335 g/mol. The fourth-order valence-corrected chi connectivity index (χ4v) is 2.15. The lowest BCUT2D eigenvalue weighted by atomic mass is 9.95. The molecule has 0 bridgehead atoms. The van der Waals surface area contributed by atoms with Crippen LogP contribution in [0.2, 0.25) is 0 Å². The van der Waals surface area contributed by atoms with Crippen LogP contribution in [0.1, 0.15) is 5.69 Å². The van der Waals surface area contributed by atoms with Gasteiger partial charge in [0.2, 0.25) is 5.82 Å². The first kappa shape index (κ1) is 16.9. The van der Waals surface area contributed by atoms with Gasteiger partial charge in [0, 0.05) is 18.6 Å². The van der Waals surface area contributed by atoms with E-state index in [0.717, 1.165) is 0 Å². The third kappa shape index (κ3) is 4.78. The second kappa shape index (κ2) is 6.77. The van der Waals surface area contributed by atoms with E-state index < -0.39 is 15.4 Å². The molecule has 11 heteroatoms. The third-order valence-electron chi connectivity index (χ3n) is 2.76. The number of nitrogens with zero attached hydrogens (tertiary/aromatic N) is 3. The smallest absolute Gasteiger partial charge is 0.202 e. The van der Waals surface area contributed by atoms with E-state index in [1.165, 1.54) is 18.2 Å². The van der Waals surface area contributed by atoms with E-state index in [9.17, 15) is 4.39 Å². The number of rotatable bonds is 6. The summed E-state index contributed by atoms with van der Waals surface area (Å²) in [5.74, 6) is 0.103. The number of aromatic nitrogens is 2. The molecule has 1 aromatic carbocycles. The van der Waals surface area contributed by atoms with Crippen molar-refractivity contribution in [1.82, 2.24) is 10.3 Å². The molecule has 0 spiro atoms. The van der Waals surface area contributed by atoms with Crippen LogP contribution in [0.25, 0.3) is 0 Å². The molecule has 0 amide bonds. The molecule has 8 nitrogen and oxygen atoms in total. The Labute approximate surface area is 134 Å². The van der Waals surface area contributed by atoms with Crippen molar-refractivity contribution in [1.29, 1.82) is 9.56 Å². The normalized spacial score (nSPS) is 12.3. The van der Waals surface area contributed by atoms with Gasteiger partial charge in [0.05, 0.1) is 5.69 Å². The lowest BCUT2D eigenvalue weighted by molar-refractivity contribution is 0.308. The summed E-state index contributed by atoms with van der Waals surface area (Å²) in [6, 6.07) is 3.96. The van der Waals surface area contributed by atoms with Gasteiger partial charge in [-0.15, -0.1) is 0 Å². The zero-order valence-electron chi connectivity index (χ0n) is 12.3. The summed E-state index contributed by atoms with van der Waals surface area (Å²) in [4.78, 5) is 4.10. The summed E-state index contributed by atoms with van der Waals surface area (Å²) in [7, 11) is 3.35. The lowest BCUT2D eigenvalue weighted by Gasteiger charge is -2.06. The quantitative estimate of drug-likeness (QED) is 0.351. The van der Waals surface area contributed by atoms with Crippen molar-refractivity contribution in [2.24, 2.45) is 10.7 Å². The zero-order valence-corrected chi connectivity index (χ0v) is 13.2. The molecule has 0 atom stereocenters. The highest BCUT2D eigenvalue weighted by Gasteiger charge is 2.14. The number of amidine groups is 1. The summed E-state index contributed by atoms with van der Waals surface area (Å²) in [6.07, 6.45) is 1.56. The van der Waals surface area contributed by atoms with Crippen LogP contribution >= 0.6 is 0 Å². The maximum atomic E-state index is 13.1. The Morgan fingerprint density at radius 1 is 1.48 bits per heavy atom. The predicted molar refractivity (Wildman–Crippen MR) is 88.6 cm³/mol. The van der Waals surface area contributed by atoms with Crippen molar-refractivity contribution in [3.05, 3.63) is 29.7 Å².